The van der Waals surface area contributed by atoms with Crippen LogP contribution in [0, 0.1) is 12.8 Å². The molecule has 0 N–H and O–H groups in total. The Morgan fingerprint density at radius 1 is 1.17 bits per heavy atom. The number of carbonyl (C=O) groups is 2. The van der Waals surface area contributed by atoms with Crippen molar-refractivity contribution in [1.29, 1.82) is 0 Å². The smallest absolute Gasteiger partial charge is 0.223 e. The topological polar surface area (TPSA) is 55.8 Å². The summed E-state index contributed by atoms with van der Waals surface area (Å²) in [5.41, 5.74) is 0. The summed E-state index contributed by atoms with van der Waals surface area (Å²) in [6.45, 7) is 4.80. The van der Waals surface area contributed by atoms with E-state index in [1.807, 2.05) is 24.0 Å². The molecule has 3 rings (SSSR count). The molecule has 0 atom stereocenters. The summed E-state index contributed by atoms with van der Waals surface area (Å²) in [4.78, 5) is 28.1. The van der Waals surface area contributed by atoms with Crippen LogP contribution in [0.2, 0.25) is 0 Å². The Kier molecular flexibility index (Phi) is 5.46. The molecule has 0 saturated carbocycles. The number of aryl methyl sites for hydroxylation is 1. The Morgan fingerprint density at radius 3 is 2.48 bits per heavy atom. The molecule has 1 aromatic heterocycles. The first-order valence-electron chi connectivity index (χ1n) is 8.24. The van der Waals surface area contributed by atoms with Gasteiger partial charge < -0.3 is 14.4 Å². The lowest BCUT2D eigenvalue weighted by atomic mass is 9.96. The molecule has 0 radical (unpaired) electrons. The maximum atomic E-state index is 12.3. The molecule has 0 aliphatic carbocycles. The summed E-state index contributed by atoms with van der Waals surface area (Å²) in [6, 6.07) is 3.79. The highest BCUT2D eigenvalue weighted by Gasteiger charge is 2.31. The van der Waals surface area contributed by atoms with Crippen molar-refractivity contribution >= 4 is 23.0 Å². The molecule has 23 heavy (non-hydrogen) atoms. The SMILES string of the molecule is Cc1ccc(C(=O)CCC(=O)N2CCC(C3OCCO3)CC2)s1. The van der Waals surface area contributed by atoms with E-state index in [1.165, 1.54) is 11.3 Å². The van der Waals surface area contributed by atoms with E-state index in [9.17, 15) is 9.59 Å². The summed E-state index contributed by atoms with van der Waals surface area (Å²) >= 11 is 1.50. The molecule has 1 aromatic rings. The van der Waals surface area contributed by atoms with Crippen molar-refractivity contribution in [2.75, 3.05) is 26.3 Å². The Hall–Kier alpha value is -1.24. The van der Waals surface area contributed by atoms with E-state index in [4.69, 9.17) is 9.47 Å². The van der Waals surface area contributed by atoms with Gasteiger partial charge in [-0.3, -0.25) is 9.59 Å². The van der Waals surface area contributed by atoms with Crippen LogP contribution in [0.25, 0.3) is 0 Å². The molecule has 1 amide bonds. The Morgan fingerprint density at radius 2 is 1.87 bits per heavy atom. The molecular weight excluding hydrogens is 314 g/mol. The van der Waals surface area contributed by atoms with Crippen LogP contribution >= 0.6 is 11.3 Å². The number of amides is 1. The lowest BCUT2D eigenvalue weighted by Crippen LogP contribution is -2.41. The fourth-order valence-electron chi connectivity index (χ4n) is 3.16. The van der Waals surface area contributed by atoms with Crippen molar-refractivity contribution in [2.45, 2.75) is 38.9 Å². The zero-order valence-electron chi connectivity index (χ0n) is 13.5. The third-order valence-electron chi connectivity index (χ3n) is 4.51. The lowest BCUT2D eigenvalue weighted by Gasteiger charge is -2.33. The molecule has 3 heterocycles. The van der Waals surface area contributed by atoms with Crippen LogP contribution in [0.1, 0.15) is 40.2 Å². The van der Waals surface area contributed by atoms with Crippen LogP contribution in [-0.4, -0.2) is 49.2 Å². The van der Waals surface area contributed by atoms with Crippen molar-refractivity contribution < 1.29 is 19.1 Å². The minimum atomic E-state index is -0.0871. The Balaban J connectivity index is 1.41. The average molecular weight is 337 g/mol. The van der Waals surface area contributed by atoms with Gasteiger partial charge in [0.05, 0.1) is 18.1 Å². The molecule has 0 spiro atoms. The fourth-order valence-corrected chi connectivity index (χ4v) is 3.99. The molecule has 2 aliphatic heterocycles. The molecular formula is C17H23NO4S. The van der Waals surface area contributed by atoms with Crippen molar-refractivity contribution in [3.63, 3.8) is 0 Å². The largest absolute Gasteiger partial charge is 0.350 e. The van der Waals surface area contributed by atoms with Gasteiger partial charge in [-0.1, -0.05) is 0 Å². The number of ketones is 1. The van der Waals surface area contributed by atoms with Crippen molar-refractivity contribution in [2.24, 2.45) is 5.92 Å². The lowest BCUT2D eigenvalue weighted by molar-refractivity contribution is -0.136. The maximum absolute atomic E-state index is 12.3. The van der Waals surface area contributed by atoms with E-state index in [-0.39, 0.29) is 18.0 Å². The molecule has 5 nitrogen and oxygen atoms in total. The average Bonchev–Trinajstić information content (AvgIpc) is 3.24. The maximum Gasteiger partial charge on any atom is 0.223 e. The van der Waals surface area contributed by atoms with Crippen molar-refractivity contribution in [3.8, 4) is 0 Å². The van der Waals surface area contributed by atoms with Gasteiger partial charge >= 0.3 is 0 Å². The first-order chi connectivity index (χ1) is 11.1. The summed E-state index contributed by atoms with van der Waals surface area (Å²) < 4.78 is 11.1. The monoisotopic (exact) mass is 337 g/mol. The van der Waals surface area contributed by atoms with E-state index >= 15 is 0 Å². The summed E-state index contributed by atoms with van der Waals surface area (Å²) in [5.74, 6) is 0.537. The molecule has 2 aliphatic rings. The van der Waals surface area contributed by atoms with E-state index in [2.05, 4.69) is 0 Å². The predicted molar refractivity (Wildman–Crippen MR) is 87.6 cm³/mol. The van der Waals surface area contributed by atoms with Gasteiger partial charge in [-0.2, -0.15) is 0 Å². The van der Waals surface area contributed by atoms with Crippen molar-refractivity contribution in [3.05, 3.63) is 21.9 Å². The van der Waals surface area contributed by atoms with Crippen LogP contribution in [0.4, 0.5) is 0 Å². The minimum absolute atomic E-state index is 0.0686. The van der Waals surface area contributed by atoms with Gasteiger partial charge in [0.2, 0.25) is 5.91 Å². The van der Waals surface area contributed by atoms with Gasteiger partial charge in [0, 0.05) is 36.7 Å². The number of thiophene rings is 1. The second-order valence-electron chi connectivity index (χ2n) is 6.16. The Labute approximate surface area is 140 Å². The van der Waals surface area contributed by atoms with Gasteiger partial charge in [0.15, 0.2) is 12.1 Å². The summed E-state index contributed by atoms with van der Waals surface area (Å²) in [5, 5.41) is 0. The fraction of sp³-hybridized carbons (Fsp3) is 0.647. The number of carbonyl (C=O) groups excluding carboxylic acids is 2. The number of hydrogen-bond acceptors (Lipinski definition) is 5. The molecule has 0 aromatic carbocycles. The third-order valence-corrected chi connectivity index (χ3v) is 5.55. The minimum Gasteiger partial charge on any atom is -0.350 e. The summed E-state index contributed by atoms with van der Waals surface area (Å²) in [6.07, 6.45) is 2.34. The highest BCUT2D eigenvalue weighted by molar-refractivity contribution is 7.14. The van der Waals surface area contributed by atoms with Crippen LogP contribution in [0.3, 0.4) is 0 Å². The molecule has 2 fully saturated rings. The molecule has 2 saturated heterocycles. The van der Waals surface area contributed by atoms with E-state index in [0.29, 0.717) is 32.0 Å². The molecule has 126 valence electrons. The van der Waals surface area contributed by atoms with Gasteiger partial charge in [0.1, 0.15) is 0 Å². The third kappa shape index (κ3) is 4.19. The number of rotatable bonds is 5. The van der Waals surface area contributed by atoms with Crippen LogP contribution < -0.4 is 0 Å². The van der Waals surface area contributed by atoms with Gasteiger partial charge in [0.25, 0.3) is 0 Å². The van der Waals surface area contributed by atoms with Gasteiger partial charge in [-0.25, -0.2) is 0 Å². The van der Waals surface area contributed by atoms with Gasteiger partial charge in [-0.05, 0) is 31.9 Å². The number of ether oxygens (including phenoxy) is 2. The number of likely N-dealkylation sites (tertiary alicyclic amines) is 1. The Bertz CT molecular complexity index is 557. The predicted octanol–water partition coefficient (Wildman–Crippen LogP) is 2.63. The second kappa shape index (κ2) is 7.55. The highest BCUT2D eigenvalue weighted by atomic mass is 32.1. The zero-order valence-corrected chi connectivity index (χ0v) is 14.3. The van der Waals surface area contributed by atoms with E-state index in [1.54, 1.807) is 0 Å². The molecule has 6 heteroatoms. The number of nitrogens with zero attached hydrogens (tertiary/aromatic N) is 1. The quantitative estimate of drug-likeness (QED) is 0.775. The standard InChI is InChI=1S/C17H23NO4S/c1-12-2-4-15(23-12)14(19)3-5-16(20)18-8-6-13(7-9-18)17-21-10-11-22-17/h2,4,13,17H,3,5-11H2,1H3. The first kappa shape index (κ1) is 16.6. The van der Waals surface area contributed by atoms with Crippen molar-refractivity contribution in [1.82, 2.24) is 4.90 Å². The molecule has 0 bridgehead atoms. The number of hydrogen-bond donors (Lipinski definition) is 0. The first-order valence-corrected chi connectivity index (χ1v) is 9.06. The van der Waals surface area contributed by atoms with Crippen LogP contribution in [0.5, 0.6) is 0 Å². The van der Waals surface area contributed by atoms with Crippen LogP contribution in [-0.2, 0) is 14.3 Å². The van der Waals surface area contributed by atoms with Gasteiger partial charge in [-0.15, -0.1) is 11.3 Å². The van der Waals surface area contributed by atoms with E-state index < -0.39 is 0 Å². The molecule has 0 unspecified atom stereocenters. The van der Waals surface area contributed by atoms with E-state index in [0.717, 1.165) is 35.7 Å². The zero-order chi connectivity index (χ0) is 16.2. The second-order valence-corrected chi connectivity index (χ2v) is 7.45. The normalized spacial score (nSPS) is 20.1. The number of Topliss-reactive ketones (excluding diaryl/α,β-unsaturated/α-hetero) is 1. The summed E-state index contributed by atoms with van der Waals surface area (Å²) in [7, 11) is 0. The van der Waals surface area contributed by atoms with Crippen LogP contribution in [0.15, 0.2) is 12.1 Å². The highest BCUT2D eigenvalue weighted by Crippen LogP contribution is 2.26. The number of piperidine rings is 1.